The van der Waals surface area contributed by atoms with E-state index in [2.05, 4.69) is 0 Å². The summed E-state index contributed by atoms with van der Waals surface area (Å²) >= 11 is -3.11. The van der Waals surface area contributed by atoms with Crippen LogP contribution in [0.2, 0.25) is 0 Å². The van der Waals surface area contributed by atoms with Crippen LogP contribution >= 0.6 is 37.2 Å². The number of halogens is 5. The van der Waals surface area contributed by atoms with E-state index >= 15 is 0 Å². The van der Waals surface area contributed by atoms with E-state index < -0.39 is 24.3 Å². The van der Waals surface area contributed by atoms with Gasteiger partial charge >= 0.3 is 61.5 Å². The summed E-state index contributed by atoms with van der Waals surface area (Å²) in [4.78, 5) is 23.4. The van der Waals surface area contributed by atoms with Crippen LogP contribution in [-0.2, 0) is 37.8 Å². The molecule has 140 valence electrons. The van der Waals surface area contributed by atoms with E-state index in [1.807, 2.05) is 0 Å². The van der Waals surface area contributed by atoms with Crippen LogP contribution < -0.4 is 0 Å². The first kappa shape index (κ1) is 24.7. The Kier molecular flexibility index (Phi) is 12.8. The van der Waals surface area contributed by atoms with Gasteiger partial charge in [-0.15, -0.1) is 0 Å². The molecule has 0 N–H and O–H groups in total. The van der Waals surface area contributed by atoms with E-state index in [9.17, 15) is 14.0 Å². The maximum absolute atomic E-state index is 12.8. The van der Waals surface area contributed by atoms with Crippen molar-refractivity contribution in [2.75, 3.05) is 13.2 Å². The van der Waals surface area contributed by atoms with Gasteiger partial charge in [0.2, 0.25) is 0 Å². The van der Waals surface area contributed by atoms with Crippen molar-refractivity contribution in [3.63, 3.8) is 0 Å². The number of allylic oxidation sites excluding steroid dienone is 1. The molecule has 0 radical (unpaired) electrons. The van der Waals surface area contributed by atoms with Crippen molar-refractivity contribution in [3.8, 4) is 0 Å². The van der Waals surface area contributed by atoms with Gasteiger partial charge in [-0.25, -0.2) is 14.0 Å². The fourth-order valence-electron chi connectivity index (χ4n) is 1.51. The molecule has 0 amide bonds. The van der Waals surface area contributed by atoms with E-state index in [1.54, 1.807) is 26.0 Å². The summed E-state index contributed by atoms with van der Waals surface area (Å²) < 4.78 is 22.4. The Morgan fingerprint density at radius 2 is 1.40 bits per heavy atom. The number of rotatable bonds is 6. The molecule has 0 bridgehead atoms. The zero-order valence-corrected chi connectivity index (χ0v) is 18.1. The summed E-state index contributed by atoms with van der Waals surface area (Å²) in [7, 11) is 20.1. The Labute approximate surface area is 165 Å². The topological polar surface area (TPSA) is 52.6 Å². The van der Waals surface area contributed by atoms with Gasteiger partial charge in [0.15, 0.2) is 0 Å². The van der Waals surface area contributed by atoms with Gasteiger partial charge in [0, 0.05) is 0 Å². The third kappa shape index (κ3) is 13.6. The Hall–Kier alpha value is -0.296. The van der Waals surface area contributed by atoms with Gasteiger partial charge in [0.25, 0.3) is 0 Å². The minimum atomic E-state index is -3.11. The summed E-state index contributed by atoms with van der Waals surface area (Å²) in [5.74, 6) is -1.77. The second kappa shape index (κ2) is 13.0. The first-order valence-electron chi connectivity index (χ1n) is 7.12. The summed E-state index contributed by atoms with van der Waals surface area (Å²) in [6.07, 6.45) is 1.75. The van der Waals surface area contributed by atoms with Crippen LogP contribution in [0, 0.1) is 5.82 Å². The normalized spacial score (nSPS) is 10.2. The first-order chi connectivity index (χ1) is 11.6. The summed E-state index contributed by atoms with van der Waals surface area (Å²) in [5.41, 5.74) is 0.635. The molecule has 1 rings (SSSR count). The molecule has 25 heavy (non-hydrogen) atoms. The van der Waals surface area contributed by atoms with Crippen molar-refractivity contribution in [2.45, 2.75) is 20.3 Å². The monoisotopic (exact) mass is 468 g/mol. The van der Waals surface area contributed by atoms with Crippen molar-refractivity contribution in [2.24, 2.45) is 0 Å². The molecule has 0 aliphatic rings. The molecule has 0 saturated carbocycles. The summed E-state index contributed by atoms with van der Waals surface area (Å²) in [6.45, 7) is 3.65. The van der Waals surface area contributed by atoms with Crippen molar-refractivity contribution >= 4 is 49.2 Å². The Morgan fingerprint density at radius 3 is 1.76 bits per heavy atom. The van der Waals surface area contributed by atoms with Crippen molar-refractivity contribution in [1.82, 2.24) is 0 Å². The molecular weight excluding hydrogens is 453 g/mol. The molecule has 0 heterocycles. The molecule has 0 aliphatic heterocycles. The molecule has 10 heteroatoms. The maximum atomic E-state index is 12.8. The SMILES string of the molecule is CCOC(=O)C(=CCc1ccc(F)cc1)C(=O)OCC.[Cl][Ti]([Cl])([Cl])[Cl]. The fourth-order valence-corrected chi connectivity index (χ4v) is 1.51. The zero-order valence-electron chi connectivity index (χ0n) is 13.5. The Morgan fingerprint density at radius 1 is 1.00 bits per heavy atom. The van der Waals surface area contributed by atoms with Gasteiger partial charge in [-0.05, 0) is 38.0 Å². The molecule has 0 aromatic heterocycles. The number of carbonyl (C=O) groups excluding carboxylic acids is 2. The summed E-state index contributed by atoms with van der Waals surface area (Å²) in [5, 5.41) is 0. The molecule has 1 aromatic rings. The van der Waals surface area contributed by atoms with Gasteiger partial charge in [0.05, 0.1) is 13.2 Å². The van der Waals surface area contributed by atoms with Gasteiger partial charge in [0.1, 0.15) is 11.4 Å². The number of ether oxygens (including phenoxy) is 2. The predicted molar refractivity (Wildman–Crippen MR) is 94.9 cm³/mol. The van der Waals surface area contributed by atoms with E-state index in [4.69, 9.17) is 46.7 Å². The average Bonchev–Trinajstić information content (AvgIpc) is 2.48. The van der Waals surface area contributed by atoms with Crippen LogP contribution in [0.3, 0.4) is 0 Å². The molecule has 0 unspecified atom stereocenters. The first-order valence-corrected chi connectivity index (χ1v) is 15.7. The number of carbonyl (C=O) groups is 2. The molecule has 0 aliphatic carbocycles. The zero-order chi connectivity index (χ0) is 19.5. The number of hydrogen-bond donors (Lipinski definition) is 0. The van der Waals surface area contributed by atoms with Crippen LogP contribution in [-0.4, -0.2) is 25.2 Å². The van der Waals surface area contributed by atoms with Crippen LogP contribution in [0.5, 0.6) is 0 Å². The summed E-state index contributed by atoms with van der Waals surface area (Å²) in [6, 6.07) is 5.80. The predicted octanol–water partition coefficient (Wildman–Crippen LogP) is 5.18. The number of hydrogen-bond acceptors (Lipinski definition) is 4. The average molecular weight is 470 g/mol. The number of esters is 2. The molecule has 1 aromatic carbocycles. The van der Waals surface area contributed by atoms with Gasteiger partial charge in [-0.1, -0.05) is 18.2 Å². The third-order valence-corrected chi connectivity index (χ3v) is 2.45. The van der Waals surface area contributed by atoms with Crippen LogP contribution in [0.4, 0.5) is 4.39 Å². The quantitative estimate of drug-likeness (QED) is 0.189. The molecule has 0 atom stereocenters. The van der Waals surface area contributed by atoms with Gasteiger partial charge < -0.3 is 9.47 Å². The van der Waals surface area contributed by atoms with Crippen LogP contribution in [0.1, 0.15) is 19.4 Å². The molecule has 4 nitrogen and oxygen atoms in total. The molecule has 0 spiro atoms. The van der Waals surface area contributed by atoms with Crippen molar-refractivity contribution in [3.05, 3.63) is 47.3 Å². The van der Waals surface area contributed by atoms with Crippen LogP contribution in [0.15, 0.2) is 35.9 Å². The van der Waals surface area contributed by atoms with E-state index in [0.717, 1.165) is 5.56 Å². The van der Waals surface area contributed by atoms with Crippen molar-refractivity contribution in [1.29, 1.82) is 0 Å². The van der Waals surface area contributed by atoms with Crippen molar-refractivity contribution < 1.29 is 35.8 Å². The Bertz CT molecular complexity index is 562. The van der Waals surface area contributed by atoms with E-state index in [1.165, 1.54) is 18.2 Å². The standard InChI is InChI=1S/C15H17FO4.4ClH.Ti/c1-3-19-14(17)13(15(18)20-4-2)10-7-11-5-8-12(16)9-6-11;;;;;/h5-6,8-10H,3-4,7H2,1-2H3;4*1H;/q;;;;;+4/p-4. The minimum absolute atomic E-state index is 0.141. The van der Waals surface area contributed by atoms with Crippen LogP contribution in [0.25, 0.3) is 0 Å². The Balaban J connectivity index is 0.00000101. The fraction of sp³-hybridized carbons (Fsp3) is 0.333. The number of benzene rings is 1. The van der Waals surface area contributed by atoms with E-state index in [-0.39, 0.29) is 24.6 Å². The molecular formula is C15H17Cl4FO4Ti. The third-order valence-electron chi connectivity index (χ3n) is 2.45. The second-order valence-corrected chi connectivity index (χ2v) is 19.8. The molecule has 0 saturated heterocycles. The second-order valence-electron chi connectivity index (χ2n) is 4.32. The van der Waals surface area contributed by atoms with Gasteiger partial charge in [-0.2, -0.15) is 0 Å². The van der Waals surface area contributed by atoms with E-state index in [0.29, 0.717) is 6.42 Å². The van der Waals surface area contributed by atoms with Gasteiger partial charge in [-0.3, -0.25) is 0 Å². The molecule has 0 fully saturated rings.